The molecule has 0 saturated carbocycles. The molecule has 0 amide bonds. The third-order valence-corrected chi connectivity index (χ3v) is 4.33. The van der Waals surface area contributed by atoms with Gasteiger partial charge in [0.15, 0.2) is 5.82 Å². The molecule has 1 saturated heterocycles. The quantitative estimate of drug-likeness (QED) is 0.780. The number of pyridine rings is 1. The van der Waals surface area contributed by atoms with E-state index in [1.165, 1.54) is 12.8 Å². The van der Waals surface area contributed by atoms with Crippen molar-refractivity contribution in [2.24, 2.45) is 0 Å². The van der Waals surface area contributed by atoms with Crippen LogP contribution in [0.1, 0.15) is 18.5 Å². The van der Waals surface area contributed by atoms with Crippen molar-refractivity contribution in [3.05, 3.63) is 54.6 Å². The summed E-state index contributed by atoms with van der Waals surface area (Å²) in [5.41, 5.74) is 2.06. The van der Waals surface area contributed by atoms with E-state index in [0.717, 1.165) is 36.8 Å². The molecule has 1 unspecified atom stereocenters. The first-order chi connectivity index (χ1) is 11.4. The highest BCUT2D eigenvalue weighted by atomic mass is 15.3. The van der Waals surface area contributed by atoms with Crippen LogP contribution in [0.5, 0.6) is 0 Å². The zero-order chi connectivity index (χ0) is 15.5. The summed E-state index contributed by atoms with van der Waals surface area (Å²) in [5, 5.41) is 11.8. The molecule has 0 bridgehead atoms. The van der Waals surface area contributed by atoms with E-state index in [9.17, 15) is 0 Å². The van der Waals surface area contributed by atoms with Gasteiger partial charge in [-0.05, 0) is 37.1 Å². The average Bonchev–Trinajstić information content (AvgIpc) is 3.22. The Morgan fingerprint density at radius 2 is 2.22 bits per heavy atom. The van der Waals surface area contributed by atoms with Crippen molar-refractivity contribution < 1.29 is 0 Å². The van der Waals surface area contributed by atoms with Crippen LogP contribution in [-0.4, -0.2) is 38.7 Å². The van der Waals surface area contributed by atoms with E-state index in [-0.39, 0.29) is 0 Å². The summed E-state index contributed by atoms with van der Waals surface area (Å²) in [7, 11) is 0. The molecule has 6 heteroatoms. The number of aromatic nitrogens is 4. The van der Waals surface area contributed by atoms with Gasteiger partial charge in [-0.25, -0.2) is 4.98 Å². The van der Waals surface area contributed by atoms with E-state index < -0.39 is 0 Å². The van der Waals surface area contributed by atoms with Gasteiger partial charge < -0.3 is 14.6 Å². The highest BCUT2D eigenvalue weighted by Gasteiger charge is 2.25. The summed E-state index contributed by atoms with van der Waals surface area (Å²) in [5.74, 6) is 0.976. The Labute approximate surface area is 135 Å². The van der Waals surface area contributed by atoms with E-state index in [1.54, 1.807) is 6.20 Å². The molecule has 1 atom stereocenters. The molecule has 4 rings (SSSR count). The van der Waals surface area contributed by atoms with Crippen molar-refractivity contribution in [2.75, 3.05) is 18.0 Å². The first-order valence-electron chi connectivity index (χ1n) is 8.08. The summed E-state index contributed by atoms with van der Waals surface area (Å²) in [6.45, 7) is 2.77. The molecule has 0 radical (unpaired) electrons. The summed E-state index contributed by atoms with van der Waals surface area (Å²) in [4.78, 5) is 6.97. The van der Waals surface area contributed by atoms with Crippen molar-refractivity contribution in [3.8, 4) is 0 Å². The Bertz CT molecular complexity index is 736. The minimum Gasteiger partial charge on any atom is -0.351 e. The molecule has 1 N–H and O–H groups in total. The molecule has 1 aliphatic rings. The van der Waals surface area contributed by atoms with Gasteiger partial charge in [0.1, 0.15) is 5.65 Å². The lowest BCUT2D eigenvalue weighted by molar-refractivity contribution is 0.566. The molecule has 1 fully saturated rings. The van der Waals surface area contributed by atoms with Crippen LogP contribution in [0.25, 0.3) is 5.65 Å². The highest BCUT2D eigenvalue weighted by Crippen LogP contribution is 2.22. The largest absolute Gasteiger partial charge is 0.351 e. The number of rotatable bonds is 5. The van der Waals surface area contributed by atoms with Gasteiger partial charge in [-0.15, -0.1) is 5.10 Å². The van der Waals surface area contributed by atoms with Crippen LogP contribution in [-0.2, 0) is 6.54 Å². The maximum Gasteiger partial charge on any atom is 0.151 e. The third kappa shape index (κ3) is 3.03. The Kier molecular flexibility index (Phi) is 3.90. The smallest absolute Gasteiger partial charge is 0.151 e. The topological polar surface area (TPSA) is 58.4 Å². The van der Waals surface area contributed by atoms with Crippen LogP contribution in [0, 0.1) is 0 Å². The van der Waals surface area contributed by atoms with Gasteiger partial charge in [-0.2, -0.15) is 5.10 Å². The molecule has 0 spiro atoms. The lowest BCUT2D eigenvalue weighted by atomic mass is 10.2. The average molecular weight is 308 g/mol. The molecule has 1 aliphatic heterocycles. The Morgan fingerprint density at radius 3 is 3.09 bits per heavy atom. The molecule has 118 valence electrons. The van der Waals surface area contributed by atoms with Crippen LogP contribution in [0.2, 0.25) is 0 Å². The second kappa shape index (κ2) is 6.34. The minimum absolute atomic E-state index is 0.476. The summed E-state index contributed by atoms with van der Waals surface area (Å²) < 4.78 is 2.05. The van der Waals surface area contributed by atoms with Gasteiger partial charge in [0.2, 0.25) is 0 Å². The van der Waals surface area contributed by atoms with Gasteiger partial charge in [-0.3, -0.25) is 0 Å². The number of imidazole rings is 1. The molecule has 0 aliphatic carbocycles. The monoisotopic (exact) mass is 308 g/mol. The zero-order valence-corrected chi connectivity index (χ0v) is 13.0. The van der Waals surface area contributed by atoms with Crippen molar-refractivity contribution in [1.82, 2.24) is 24.9 Å². The van der Waals surface area contributed by atoms with Gasteiger partial charge >= 0.3 is 0 Å². The minimum atomic E-state index is 0.476. The van der Waals surface area contributed by atoms with Gasteiger partial charge in [0.05, 0.1) is 5.69 Å². The van der Waals surface area contributed by atoms with Gasteiger partial charge in [0.25, 0.3) is 0 Å². The second-order valence-electron chi connectivity index (χ2n) is 5.90. The van der Waals surface area contributed by atoms with Crippen LogP contribution in [0.3, 0.4) is 0 Å². The molecule has 23 heavy (non-hydrogen) atoms. The standard InChI is InChI=1S/C17H20N6/c1-2-9-22-13-14(20-16(22)6-1)11-18-12-15-5-4-10-23(15)17-7-3-8-19-21-17/h1-3,6-9,13,15,18H,4-5,10-12H2. The van der Waals surface area contributed by atoms with E-state index in [4.69, 9.17) is 0 Å². The first-order valence-corrected chi connectivity index (χ1v) is 8.08. The van der Waals surface area contributed by atoms with E-state index >= 15 is 0 Å². The van der Waals surface area contributed by atoms with Crippen molar-refractivity contribution in [1.29, 1.82) is 0 Å². The number of hydrogen-bond donors (Lipinski definition) is 1. The molecule has 0 aromatic carbocycles. The highest BCUT2D eigenvalue weighted by molar-refractivity contribution is 5.40. The van der Waals surface area contributed by atoms with Gasteiger partial charge in [-0.1, -0.05) is 6.07 Å². The van der Waals surface area contributed by atoms with Gasteiger partial charge in [0, 0.05) is 44.3 Å². The zero-order valence-electron chi connectivity index (χ0n) is 13.0. The van der Waals surface area contributed by atoms with Crippen LogP contribution >= 0.6 is 0 Å². The van der Waals surface area contributed by atoms with E-state index in [1.807, 2.05) is 36.5 Å². The maximum absolute atomic E-state index is 4.62. The normalized spacial score (nSPS) is 17.9. The SMILES string of the molecule is c1cnnc(N2CCCC2CNCc2cn3ccccc3n2)c1. The predicted octanol–water partition coefficient (Wildman–Crippen LogP) is 1.88. The van der Waals surface area contributed by atoms with Crippen LogP contribution < -0.4 is 10.2 Å². The number of nitrogens with one attached hydrogen (secondary N) is 1. The summed E-state index contributed by atoms with van der Waals surface area (Å²) in [6, 6.07) is 10.5. The molecule has 4 heterocycles. The predicted molar refractivity (Wildman–Crippen MR) is 89.3 cm³/mol. The van der Waals surface area contributed by atoms with Crippen LogP contribution in [0.15, 0.2) is 48.9 Å². The lowest BCUT2D eigenvalue weighted by Crippen LogP contribution is -2.38. The number of fused-ring (bicyclic) bond motifs is 1. The summed E-state index contributed by atoms with van der Waals surface area (Å²) >= 11 is 0. The molecule has 6 nitrogen and oxygen atoms in total. The second-order valence-corrected chi connectivity index (χ2v) is 5.90. The van der Waals surface area contributed by atoms with Crippen molar-refractivity contribution in [2.45, 2.75) is 25.4 Å². The lowest BCUT2D eigenvalue weighted by Gasteiger charge is -2.25. The fourth-order valence-corrected chi connectivity index (χ4v) is 3.24. The maximum atomic E-state index is 4.62. The Hall–Kier alpha value is -2.47. The van der Waals surface area contributed by atoms with Crippen LogP contribution in [0.4, 0.5) is 5.82 Å². The number of hydrogen-bond acceptors (Lipinski definition) is 5. The molecule has 3 aromatic heterocycles. The number of nitrogens with zero attached hydrogens (tertiary/aromatic N) is 5. The third-order valence-electron chi connectivity index (χ3n) is 4.33. The molecular weight excluding hydrogens is 288 g/mol. The fraction of sp³-hybridized carbons (Fsp3) is 0.353. The number of anilines is 1. The summed E-state index contributed by atoms with van der Waals surface area (Å²) in [6.07, 6.45) is 8.22. The molecule has 3 aromatic rings. The van der Waals surface area contributed by atoms with E-state index in [2.05, 4.69) is 36.0 Å². The van der Waals surface area contributed by atoms with Crippen molar-refractivity contribution >= 4 is 11.5 Å². The van der Waals surface area contributed by atoms with E-state index in [0.29, 0.717) is 6.04 Å². The van der Waals surface area contributed by atoms with Crippen molar-refractivity contribution in [3.63, 3.8) is 0 Å². The first kappa shape index (κ1) is 14.1. The molecular formula is C17H20N6. The Balaban J connectivity index is 1.37. The fourth-order valence-electron chi connectivity index (χ4n) is 3.24. The Morgan fingerprint density at radius 1 is 1.22 bits per heavy atom.